The van der Waals surface area contributed by atoms with E-state index in [2.05, 4.69) is 10.4 Å². The van der Waals surface area contributed by atoms with E-state index in [1.54, 1.807) is 16.9 Å². The van der Waals surface area contributed by atoms with Crippen LogP contribution in [0, 0.1) is 5.41 Å². The fourth-order valence-electron chi connectivity index (χ4n) is 3.58. The van der Waals surface area contributed by atoms with Crippen molar-refractivity contribution in [3.05, 3.63) is 51.3 Å². The van der Waals surface area contributed by atoms with Crippen LogP contribution in [0.5, 0.6) is 5.75 Å². The Labute approximate surface area is 155 Å². The Bertz CT molecular complexity index is 930. The first-order chi connectivity index (χ1) is 11.8. The van der Waals surface area contributed by atoms with Crippen molar-refractivity contribution >= 4 is 34.8 Å². The molecule has 1 aromatic heterocycles. The number of phenols is 1. The third kappa shape index (κ3) is 2.45. The fraction of sp³-hybridized carbons (Fsp3) is 0.333. The van der Waals surface area contributed by atoms with Gasteiger partial charge >= 0.3 is 0 Å². The number of hydrogen-bond acceptors (Lipinski definition) is 4. The molecule has 5 nitrogen and oxygen atoms in total. The van der Waals surface area contributed by atoms with Crippen molar-refractivity contribution < 1.29 is 9.90 Å². The summed E-state index contributed by atoms with van der Waals surface area (Å²) in [5.74, 6) is 0.733. The molecule has 1 unspecified atom stereocenters. The number of nitrogens with one attached hydrogen (secondary N) is 1. The lowest BCUT2D eigenvalue weighted by atomic mass is 9.71. The number of carbonyl (C=O) groups excluding carboxylic acids is 1. The van der Waals surface area contributed by atoms with Gasteiger partial charge in [0, 0.05) is 33.3 Å². The number of phenolic OH excluding ortho intramolecular Hbond substituents is 1. The standard InChI is InChI=1S/C18H17Cl2N3O2/c1-18(2)5-3-12-14(17(18)25)15(23-13(22-12)4-6-21-23)10-7-9(19)8-11(20)16(10)24/h4,6-8,15,22,24H,3,5H2,1-2H3. The van der Waals surface area contributed by atoms with Crippen LogP contribution in [0.3, 0.4) is 0 Å². The van der Waals surface area contributed by atoms with Crippen LogP contribution in [0.15, 0.2) is 35.7 Å². The van der Waals surface area contributed by atoms with E-state index in [1.165, 1.54) is 6.07 Å². The van der Waals surface area contributed by atoms with Crippen molar-refractivity contribution in [3.8, 4) is 5.75 Å². The number of hydrogen-bond donors (Lipinski definition) is 2. The van der Waals surface area contributed by atoms with Gasteiger partial charge in [-0.2, -0.15) is 5.10 Å². The van der Waals surface area contributed by atoms with E-state index >= 15 is 0 Å². The van der Waals surface area contributed by atoms with Gasteiger partial charge in [0.25, 0.3) is 0 Å². The summed E-state index contributed by atoms with van der Waals surface area (Å²) in [6.07, 6.45) is 3.18. The predicted molar refractivity (Wildman–Crippen MR) is 97.2 cm³/mol. The molecule has 2 heterocycles. The topological polar surface area (TPSA) is 67.1 Å². The zero-order chi connectivity index (χ0) is 17.9. The van der Waals surface area contributed by atoms with Crippen molar-refractivity contribution in [2.75, 3.05) is 5.32 Å². The normalized spacial score (nSPS) is 21.6. The molecule has 1 atom stereocenters. The van der Waals surface area contributed by atoms with Crippen molar-refractivity contribution in [1.29, 1.82) is 0 Å². The molecular weight excluding hydrogens is 361 g/mol. The number of ketones is 1. The summed E-state index contributed by atoms with van der Waals surface area (Å²) in [7, 11) is 0. The minimum Gasteiger partial charge on any atom is -0.506 e. The first-order valence-corrected chi connectivity index (χ1v) is 8.81. The molecule has 0 bridgehead atoms. The van der Waals surface area contributed by atoms with Gasteiger partial charge in [-0.3, -0.25) is 4.79 Å². The number of halogens is 2. The molecule has 1 aromatic carbocycles. The van der Waals surface area contributed by atoms with Gasteiger partial charge in [0.15, 0.2) is 5.78 Å². The van der Waals surface area contributed by atoms with Crippen molar-refractivity contribution in [2.45, 2.75) is 32.7 Å². The number of aromatic hydroxyl groups is 1. The highest BCUT2D eigenvalue weighted by molar-refractivity contribution is 6.35. The number of aromatic nitrogens is 2. The number of nitrogens with zero attached hydrogens (tertiary/aromatic N) is 2. The molecule has 25 heavy (non-hydrogen) atoms. The highest BCUT2D eigenvalue weighted by atomic mass is 35.5. The molecule has 7 heteroatoms. The summed E-state index contributed by atoms with van der Waals surface area (Å²) >= 11 is 12.3. The van der Waals surface area contributed by atoms with E-state index in [9.17, 15) is 9.90 Å². The maximum atomic E-state index is 13.2. The molecule has 2 aliphatic rings. The van der Waals surface area contributed by atoms with Gasteiger partial charge in [0.05, 0.1) is 11.2 Å². The second kappa shape index (κ2) is 5.51. The first-order valence-electron chi connectivity index (χ1n) is 8.06. The number of carbonyl (C=O) groups is 1. The van der Waals surface area contributed by atoms with Gasteiger partial charge in [-0.25, -0.2) is 4.68 Å². The average Bonchev–Trinajstić information content (AvgIpc) is 3.01. The van der Waals surface area contributed by atoms with Gasteiger partial charge in [0.2, 0.25) is 0 Å². The lowest BCUT2D eigenvalue weighted by Crippen LogP contribution is -2.39. The minimum absolute atomic E-state index is 0.0443. The quantitative estimate of drug-likeness (QED) is 0.764. The largest absolute Gasteiger partial charge is 0.506 e. The van der Waals surface area contributed by atoms with Crippen LogP contribution in [-0.4, -0.2) is 20.7 Å². The lowest BCUT2D eigenvalue weighted by molar-refractivity contribution is -0.124. The molecule has 130 valence electrons. The number of Topliss-reactive ketones (excluding diaryl/α,β-unsaturated/α-hetero) is 1. The highest BCUT2D eigenvalue weighted by Crippen LogP contribution is 2.48. The molecule has 0 amide bonds. The molecule has 0 saturated carbocycles. The average molecular weight is 378 g/mol. The Kier molecular flexibility index (Phi) is 3.63. The number of anilines is 1. The van der Waals surface area contributed by atoms with Crippen LogP contribution in [0.4, 0.5) is 5.82 Å². The summed E-state index contributed by atoms with van der Waals surface area (Å²) in [5.41, 5.74) is 1.49. The molecule has 2 N–H and O–H groups in total. The molecule has 0 saturated heterocycles. The third-order valence-electron chi connectivity index (χ3n) is 5.00. The number of benzene rings is 1. The summed E-state index contributed by atoms with van der Waals surface area (Å²) in [6.45, 7) is 3.89. The maximum absolute atomic E-state index is 13.2. The van der Waals surface area contributed by atoms with Gasteiger partial charge in [-0.1, -0.05) is 37.0 Å². The van der Waals surface area contributed by atoms with Gasteiger partial charge in [-0.15, -0.1) is 0 Å². The number of rotatable bonds is 1. The summed E-state index contributed by atoms with van der Waals surface area (Å²) in [6, 6.07) is 4.40. The fourth-order valence-corrected chi connectivity index (χ4v) is 4.09. The van der Waals surface area contributed by atoms with E-state index in [4.69, 9.17) is 23.2 Å². The lowest BCUT2D eigenvalue weighted by Gasteiger charge is -2.39. The highest BCUT2D eigenvalue weighted by Gasteiger charge is 2.44. The number of fused-ring (bicyclic) bond motifs is 1. The van der Waals surface area contributed by atoms with Crippen LogP contribution < -0.4 is 5.32 Å². The summed E-state index contributed by atoms with van der Waals surface area (Å²) in [5, 5.41) is 18.8. The Morgan fingerprint density at radius 1 is 1.36 bits per heavy atom. The zero-order valence-electron chi connectivity index (χ0n) is 13.8. The van der Waals surface area contributed by atoms with Crippen LogP contribution in [0.25, 0.3) is 0 Å². The minimum atomic E-state index is -0.565. The van der Waals surface area contributed by atoms with E-state index < -0.39 is 11.5 Å². The second-order valence-electron chi connectivity index (χ2n) is 7.12. The maximum Gasteiger partial charge on any atom is 0.168 e. The third-order valence-corrected chi connectivity index (χ3v) is 5.51. The van der Waals surface area contributed by atoms with Crippen LogP contribution in [0.1, 0.15) is 38.3 Å². The van der Waals surface area contributed by atoms with E-state index in [0.29, 0.717) is 16.2 Å². The summed E-state index contributed by atoms with van der Waals surface area (Å²) in [4.78, 5) is 13.2. The molecule has 4 rings (SSSR count). The second-order valence-corrected chi connectivity index (χ2v) is 7.96. The molecule has 1 aliphatic carbocycles. The summed E-state index contributed by atoms with van der Waals surface area (Å²) < 4.78 is 1.69. The van der Waals surface area contributed by atoms with Crippen LogP contribution in [-0.2, 0) is 4.79 Å². The van der Waals surface area contributed by atoms with Crippen LogP contribution >= 0.6 is 23.2 Å². The molecule has 1 aliphatic heterocycles. The first kappa shape index (κ1) is 16.5. The Balaban J connectivity index is 1.99. The van der Waals surface area contributed by atoms with E-state index in [-0.39, 0.29) is 16.6 Å². The van der Waals surface area contributed by atoms with Crippen molar-refractivity contribution in [1.82, 2.24) is 9.78 Å². The Morgan fingerprint density at radius 3 is 2.88 bits per heavy atom. The molecule has 0 fully saturated rings. The SMILES string of the molecule is CC1(C)CCC2=C(C1=O)C(c1cc(Cl)cc(Cl)c1O)n1nccc1N2. The molecule has 0 radical (unpaired) electrons. The molecule has 0 spiro atoms. The zero-order valence-corrected chi connectivity index (χ0v) is 15.3. The smallest absolute Gasteiger partial charge is 0.168 e. The molecular formula is C18H17Cl2N3O2. The predicted octanol–water partition coefficient (Wildman–Crippen LogP) is 4.55. The van der Waals surface area contributed by atoms with Gasteiger partial charge < -0.3 is 10.4 Å². The molecule has 2 aromatic rings. The Hall–Kier alpha value is -1.98. The monoisotopic (exact) mass is 377 g/mol. The Morgan fingerprint density at radius 2 is 2.12 bits per heavy atom. The van der Waals surface area contributed by atoms with E-state index in [0.717, 1.165) is 24.4 Å². The van der Waals surface area contributed by atoms with Crippen molar-refractivity contribution in [3.63, 3.8) is 0 Å². The van der Waals surface area contributed by atoms with Crippen LogP contribution in [0.2, 0.25) is 10.0 Å². The van der Waals surface area contributed by atoms with E-state index in [1.807, 2.05) is 19.9 Å². The number of allylic oxidation sites excluding steroid dienone is 2. The van der Waals surface area contributed by atoms with Gasteiger partial charge in [-0.05, 0) is 25.0 Å². The van der Waals surface area contributed by atoms with Crippen molar-refractivity contribution in [2.24, 2.45) is 5.41 Å². The van der Waals surface area contributed by atoms with Gasteiger partial charge in [0.1, 0.15) is 17.6 Å².